The number of carbonyl (C=O) groups excluding carboxylic acids is 1. The minimum atomic E-state index is -0.209. The van der Waals surface area contributed by atoms with E-state index in [2.05, 4.69) is 29.4 Å². The van der Waals surface area contributed by atoms with Crippen LogP contribution >= 0.6 is 35.0 Å². The van der Waals surface area contributed by atoms with Crippen LogP contribution in [-0.2, 0) is 0 Å². The molecule has 0 saturated heterocycles. The molecule has 24 heavy (non-hydrogen) atoms. The predicted octanol–water partition coefficient (Wildman–Crippen LogP) is 5.31. The zero-order chi connectivity index (χ0) is 17.1. The Morgan fingerprint density at radius 1 is 1.21 bits per heavy atom. The number of benzene rings is 2. The molecule has 3 aromatic rings. The largest absolute Gasteiger partial charge is 0.358 e. The van der Waals surface area contributed by atoms with Crippen molar-refractivity contribution >= 4 is 51.8 Å². The molecule has 0 saturated carbocycles. The first-order chi connectivity index (χ1) is 11.6. The van der Waals surface area contributed by atoms with Gasteiger partial charge in [-0.3, -0.25) is 4.79 Å². The molecule has 0 radical (unpaired) electrons. The lowest BCUT2D eigenvalue weighted by atomic mass is 10.2. The van der Waals surface area contributed by atoms with E-state index in [-0.39, 0.29) is 5.91 Å². The van der Waals surface area contributed by atoms with Gasteiger partial charge in [0, 0.05) is 38.8 Å². The molecule has 1 heterocycles. The molecular formula is C18H16Cl2N2OS. The quantitative estimate of drug-likeness (QED) is 0.466. The van der Waals surface area contributed by atoms with E-state index in [0.29, 0.717) is 22.2 Å². The van der Waals surface area contributed by atoms with E-state index in [0.717, 1.165) is 17.0 Å². The lowest BCUT2D eigenvalue weighted by molar-refractivity contribution is 0.0956. The van der Waals surface area contributed by atoms with Crippen molar-refractivity contribution in [3.8, 4) is 0 Å². The number of aromatic amines is 1. The Bertz CT molecular complexity index is 892. The second-order valence-corrected chi connectivity index (χ2v) is 7.30. The molecular weight excluding hydrogens is 363 g/mol. The molecule has 1 amide bonds. The highest BCUT2D eigenvalue weighted by Gasteiger charge is 2.11. The van der Waals surface area contributed by atoms with Crippen LogP contribution < -0.4 is 5.32 Å². The number of amides is 1. The summed E-state index contributed by atoms with van der Waals surface area (Å²) in [6.45, 7) is 2.61. The molecule has 1 aromatic heterocycles. The van der Waals surface area contributed by atoms with Crippen LogP contribution in [0, 0.1) is 6.92 Å². The SMILES string of the molecule is Cc1[nH]c2ccccc2c1SCCNC(=O)c1cc(Cl)ccc1Cl. The Morgan fingerprint density at radius 2 is 2.00 bits per heavy atom. The van der Waals surface area contributed by atoms with E-state index in [1.807, 2.05) is 12.1 Å². The smallest absolute Gasteiger partial charge is 0.252 e. The van der Waals surface area contributed by atoms with E-state index >= 15 is 0 Å². The van der Waals surface area contributed by atoms with Crippen molar-refractivity contribution in [3.05, 3.63) is 63.8 Å². The Kier molecular flexibility index (Phi) is 5.39. The van der Waals surface area contributed by atoms with Crippen LogP contribution in [0.15, 0.2) is 47.4 Å². The fourth-order valence-corrected chi connectivity index (χ4v) is 3.91. The van der Waals surface area contributed by atoms with E-state index in [1.165, 1.54) is 10.3 Å². The van der Waals surface area contributed by atoms with E-state index in [4.69, 9.17) is 23.2 Å². The maximum atomic E-state index is 12.2. The van der Waals surface area contributed by atoms with Gasteiger partial charge in [-0.2, -0.15) is 0 Å². The van der Waals surface area contributed by atoms with Gasteiger partial charge < -0.3 is 10.3 Å². The van der Waals surface area contributed by atoms with Gasteiger partial charge in [-0.1, -0.05) is 41.4 Å². The number of para-hydroxylation sites is 1. The number of H-pyrrole nitrogens is 1. The third-order valence-corrected chi connectivity index (χ3v) is 5.43. The highest BCUT2D eigenvalue weighted by atomic mass is 35.5. The van der Waals surface area contributed by atoms with Crippen LogP contribution in [-0.4, -0.2) is 23.2 Å². The van der Waals surface area contributed by atoms with Crippen LogP contribution in [0.4, 0.5) is 0 Å². The monoisotopic (exact) mass is 378 g/mol. The molecule has 0 spiro atoms. The number of thioether (sulfide) groups is 1. The first-order valence-electron chi connectivity index (χ1n) is 7.49. The molecule has 0 aliphatic heterocycles. The fraction of sp³-hybridized carbons (Fsp3) is 0.167. The van der Waals surface area contributed by atoms with Gasteiger partial charge in [0.15, 0.2) is 0 Å². The Morgan fingerprint density at radius 3 is 2.83 bits per heavy atom. The third kappa shape index (κ3) is 3.72. The first-order valence-corrected chi connectivity index (χ1v) is 9.24. The summed E-state index contributed by atoms with van der Waals surface area (Å²) < 4.78 is 0. The van der Waals surface area contributed by atoms with Crippen molar-refractivity contribution in [2.75, 3.05) is 12.3 Å². The zero-order valence-corrected chi connectivity index (χ0v) is 15.4. The molecule has 0 fully saturated rings. The van der Waals surface area contributed by atoms with Crippen LogP contribution in [0.25, 0.3) is 10.9 Å². The summed E-state index contributed by atoms with van der Waals surface area (Å²) in [5.74, 6) is 0.561. The Balaban J connectivity index is 1.60. The van der Waals surface area contributed by atoms with E-state index in [9.17, 15) is 4.79 Å². The molecule has 3 nitrogen and oxygen atoms in total. The summed E-state index contributed by atoms with van der Waals surface area (Å²) in [7, 11) is 0. The molecule has 6 heteroatoms. The summed E-state index contributed by atoms with van der Waals surface area (Å²) in [4.78, 5) is 16.8. The number of nitrogens with one attached hydrogen (secondary N) is 2. The number of hydrogen-bond donors (Lipinski definition) is 2. The number of hydrogen-bond acceptors (Lipinski definition) is 2. The minimum absolute atomic E-state index is 0.209. The highest BCUT2D eigenvalue weighted by Crippen LogP contribution is 2.31. The van der Waals surface area contributed by atoms with Gasteiger partial charge >= 0.3 is 0 Å². The maximum absolute atomic E-state index is 12.2. The number of rotatable bonds is 5. The minimum Gasteiger partial charge on any atom is -0.358 e. The average Bonchev–Trinajstić information content (AvgIpc) is 2.89. The van der Waals surface area contributed by atoms with Crippen LogP contribution in [0.5, 0.6) is 0 Å². The zero-order valence-electron chi connectivity index (χ0n) is 13.0. The Labute approximate surface area is 154 Å². The second-order valence-electron chi connectivity index (χ2n) is 5.35. The lowest BCUT2D eigenvalue weighted by Gasteiger charge is -2.07. The van der Waals surface area contributed by atoms with E-state index in [1.54, 1.807) is 30.0 Å². The summed E-state index contributed by atoms with van der Waals surface area (Å²) in [5.41, 5.74) is 2.68. The van der Waals surface area contributed by atoms with Gasteiger partial charge in [0.2, 0.25) is 0 Å². The van der Waals surface area contributed by atoms with Gasteiger partial charge in [-0.15, -0.1) is 11.8 Å². The summed E-state index contributed by atoms with van der Waals surface area (Å²) in [6.07, 6.45) is 0. The molecule has 0 bridgehead atoms. The Hall–Kier alpha value is -1.62. The number of aromatic nitrogens is 1. The fourth-order valence-electron chi connectivity index (χ4n) is 2.52. The summed E-state index contributed by atoms with van der Waals surface area (Å²) >= 11 is 13.7. The number of aryl methyl sites for hydroxylation is 1. The van der Waals surface area contributed by atoms with Crippen LogP contribution in [0.2, 0.25) is 10.0 Å². The van der Waals surface area contributed by atoms with Crippen molar-refractivity contribution in [3.63, 3.8) is 0 Å². The van der Waals surface area contributed by atoms with Crippen molar-refractivity contribution in [1.29, 1.82) is 0 Å². The van der Waals surface area contributed by atoms with Crippen molar-refractivity contribution < 1.29 is 4.79 Å². The van der Waals surface area contributed by atoms with E-state index < -0.39 is 0 Å². The van der Waals surface area contributed by atoms with Crippen molar-refractivity contribution in [2.45, 2.75) is 11.8 Å². The molecule has 0 atom stereocenters. The predicted molar refractivity (Wildman–Crippen MR) is 103 cm³/mol. The standard InChI is InChI=1S/C18H16Cl2N2OS/c1-11-17(13-4-2-3-5-16(13)22-11)24-9-8-21-18(23)14-10-12(19)6-7-15(14)20/h2-7,10,22H,8-9H2,1H3,(H,21,23). The van der Waals surface area contributed by atoms with Crippen molar-refractivity contribution in [2.24, 2.45) is 0 Å². The van der Waals surface area contributed by atoms with Gasteiger partial charge in [-0.05, 0) is 31.2 Å². The lowest BCUT2D eigenvalue weighted by Crippen LogP contribution is -2.26. The maximum Gasteiger partial charge on any atom is 0.252 e. The molecule has 124 valence electrons. The number of halogens is 2. The van der Waals surface area contributed by atoms with Gasteiger partial charge in [0.25, 0.3) is 5.91 Å². The first kappa shape index (κ1) is 17.2. The normalized spacial score (nSPS) is 11.0. The molecule has 3 rings (SSSR count). The highest BCUT2D eigenvalue weighted by molar-refractivity contribution is 7.99. The summed E-state index contributed by atoms with van der Waals surface area (Å²) in [5, 5.41) is 4.99. The third-order valence-electron chi connectivity index (χ3n) is 3.64. The van der Waals surface area contributed by atoms with Gasteiger partial charge in [0.05, 0.1) is 10.6 Å². The molecule has 2 N–H and O–H groups in total. The average molecular weight is 379 g/mol. The van der Waals surface area contributed by atoms with Gasteiger partial charge in [-0.25, -0.2) is 0 Å². The number of fused-ring (bicyclic) bond motifs is 1. The van der Waals surface area contributed by atoms with Gasteiger partial charge in [0.1, 0.15) is 0 Å². The van der Waals surface area contributed by atoms with Crippen LogP contribution in [0.1, 0.15) is 16.1 Å². The number of carbonyl (C=O) groups is 1. The second kappa shape index (κ2) is 7.51. The molecule has 0 unspecified atom stereocenters. The van der Waals surface area contributed by atoms with Crippen LogP contribution in [0.3, 0.4) is 0 Å². The van der Waals surface area contributed by atoms with Crippen molar-refractivity contribution in [1.82, 2.24) is 10.3 Å². The molecule has 2 aromatic carbocycles. The topological polar surface area (TPSA) is 44.9 Å². The summed E-state index contributed by atoms with van der Waals surface area (Å²) in [6, 6.07) is 13.1. The molecule has 0 aliphatic rings. The molecule has 0 aliphatic carbocycles.